The van der Waals surface area contributed by atoms with Crippen molar-refractivity contribution in [3.63, 3.8) is 0 Å². The number of aromatic nitrogens is 2. The number of nitrogens with zero attached hydrogens (tertiary/aromatic N) is 2. The Labute approximate surface area is 157 Å². The van der Waals surface area contributed by atoms with E-state index in [4.69, 9.17) is 4.42 Å². The number of rotatable bonds is 2. The minimum atomic E-state index is -4.72. The van der Waals surface area contributed by atoms with Crippen LogP contribution in [-0.2, 0) is 6.18 Å². The number of alkyl halides is 3. The molecular formula is C17H8F3N3O4S. The number of hydrogen-bond acceptors (Lipinski definition) is 7. The van der Waals surface area contributed by atoms with Gasteiger partial charge in [0.2, 0.25) is 10.1 Å². The summed E-state index contributed by atoms with van der Waals surface area (Å²) >= 11 is 0.0873. The zero-order valence-corrected chi connectivity index (χ0v) is 14.4. The van der Waals surface area contributed by atoms with Crippen LogP contribution in [0.4, 0.5) is 18.3 Å². The van der Waals surface area contributed by atoms with Gasteiger partial charge in [-0.3, -0.25) is 10.1 Å². The summed E-state index contributed by atoms with van der Waals surface area (Å²) in [6, 6.07) is 10.1. The van der Waals surface area contributed by atoms with Crippen molar-refractivity contribution in [1.82, 2.24) is 10.2 Å². The number of nitrogens with one attached hydrogen (secondary N) is 1. The lowest BCUT2D eigenvalue weighted by Gasteiger charge is -2.08. The molecule has 0 fully saturated rings. The molecule has 142 valence electrons. The van der Waals surface area contributed by atoms with Crippen LogP contribution in [0.3, 0.4) is 0 Å². The van der Waals surface area contributed by atoms with Gasteiger partial charge < -0.3 is 9.52 Å². The van der Waals surface area contributed by atoms with Gasteiger partial charge in [0.15, 0.2) is 5.56 Å². The van der Waals surface area contributed by atoms with E-state index >= 15 is 0 Å². The second kappa shape index (κ2) is 6.30. The normalized spacial score (nSPS) is 11.8. The maximum atomic E-state index is 12.6. The first-order valence-electron chi connectivity index (χ1n) is 7.65. The number of aromatic hydroxyl groups is 1. The molecule has 2 N–H and O–H groups in total. The number of carbonyl (C=O) groups is 1. The monoisotopic (exact) mass is 407 g/mol. The number of carbonyl (C=O) groups excluding carboxylic acids is 1. The van der Waals surface area contributed by atoms with E-state index in [0.717, 1.165) is 5.39 Å². The van der Waals surface area contributed by atoms with Gasteiger partial charge in [-0.1, -0.05) is 41.7 Å². The van der Waals surface area contributed by atoms with E-state index in [9.17, 15) is 27.9 Å². The van der Waals surface area contributed by atoms with E-state index in [2.05, 4.69) is 10.2 Å². The van der Waals surface area contributed by atoms with Crippen molar-refractivity contribution < 1.29 is 27.5 Å². The molecule has 7 nitrogen and oxygen atoms in total. The van der Waals surface area contributed by atoms with Crippen LogP contribution >= 0.6 is 11.3 Å². The van der Waals surface area contributed by atoms with Gasteiger partial charge in [-0.15, -0.1) is 10.2 Å². The average molecular weight is 407 g/mol. The fourth-order valence-corrected chi connectivity index (χ4v) is 3.31. The van der Waals surface area contributed by atoms with Gasteiger partial charge in [0.25, 0.3) is 5.91 Å². The van der Waals surface area contributed by atoms with E-state index in [-0.39, 0.29) is 22.3 Å². The van der Waals surface area contributed by atoms with Crippen molar-refractivity contribution >= 4 is 44.1 Å². The SMILES string of the molecule is O=C(Nc1nnc(C(F)(F)F)s1)c1c(O)c2c(ccc3ccccc32)oc1=O. The molecule has 4 aromatic rings. The molecule has 2 aromatic carbocycles. The Morgan fingerprint density at radius 1 is 1.14 bits per heavy atom. The van der Waals surface area contributed by atoms with E-state index < -0.39 is 39.2 Å². The van der Waals surface area contributed by atoms with Crippen molar-refractivity contribution in [2.75, 3.05) is 5.32 Å². The van der Waals surface area contributed by atoms with Gasteiger partial charge >= 0.3 is 11.8 Å². The molecule has 28 heavy (non-hydrogen) atoms. The zero-order valence-electron chi connectivity index (χ0n) is 13.6. The summed E-state index contributed by atoms with van der Waals surface area (Å²) in [4.78, 5) is 24.6. The summed E-state index contributed by atoms with van der Waals surface area (Å²) in [7, 11) is 0. The lowest BCUT2D eigenvalue weighted by Crippen LogP contribution is -2.21. The second-order valence-corrected chi connectivity index (χ2v) is 6.61. The molecule has 0 aliphatic carbocycles. The summed E-state index contributed by atoms with van der Waals surface area (Å²) in [6.07, 6.45) is -4.72. The Morgan fingerprint density at radius 3 is 2.61 bits per heavy atom. The summed E-state index contributed by atoms with van der Waals surface area (Å²) in [5.41, 5.74) is -1.82. The number of benzene rings is 2. The van der Waals surface area contributed by atoms with Crippen molar-refractivity contribution in [3.05, 3.63) is 57.4 Å². The van der Waals surface area contributed by atoms with E-state index in [0.29, 0.717) is 5.39 Å². The van der Waals surface area contributed by atoms with E-state index in [1.54, 1.807) is 30.3 Å². The fourth-order valence-electron chi connectivity index (χ4n) is 2.70. The number of amides is 1. The number of fused-ring (bicyclic) bond motifs is 3. The Balaban J connectivity index is 1.82. The Bertz CT molecular complexity index is 1300. The molecular weight excluding hydrogens is 399 g/mol. The number of halogens is 3. The van der Waals surface area contributed by atoms with Crippen LogP contribution in [0.1, 0.15) is 15.4 Å². The summed E-state index contributed by atoms with van der Waals surface area (Å²) < 4.78 is 42.9. The molecule has 0 bridgehead atoms. The molecule has 0 saturated heterocycles. The second-order valence-electron chi connectivity index (χ2n) is 5.64. The lowest BCUT2D eigenvalue weighted by atomic mass is 10.0. The largest absolute Gasteiger partial charge is 0.506 e. The van der Waals surface area contributed by atoms with Crippen LogP contribution in [0, 0.1) is 0 Å². The topological polar surface area (TPSA) is 105 Å². The van der Waals surface area contributed by atoms with Crippen molar-refractivity contribution in [2.45, 2.75) is 6.18 Å². The predicted octanol–water partition coefficient (Wildman–Crippen LogP) is 3.77. The predicted molar refractivity (Wildman–Crippen MR) is 94.5 cm³/mol. The molecule has 0 saturated carbocycles. The van der Waals surface area contributed by atoms with Crippen LogP contribution in [0.15, 0.2) is 45.6 Å². The molecule has 11 heteroatoms. The third-order valence-electron chi connectivity index (χ3n) is 3.89. The minimum absolute atomic E-state index is 0.0630. The molecule has 2 heterocycles. The molecule has 1 amide bonds. The Hall–Kier alpha value is -3.47. The van der Waals surface area contributed by atoms with Crippen molar-refractivity contribution in [3.8, 4) is 5.75 Å². The molecule has 0 spiro atoms. The van der Waals surface area contributed by atoms with Crippen LogP contribution in [0.25, 0.3) is 21.7 Å². The molecule has 4 rings (SSSR count). The molecule has 0 unspecified atom stereocenters. The van der Waals surface area contributed by atoms with Crippen LogP contribution in [0.2, 0.25) is 0 Å². The van der Waals surface area contributed by atoms with Gasteiger partial charge in [-0.25, -0.2) is 4.79 Å². The smallest absolute Gasteiger partial charge is 0.445 e. The summed E-state index contributed by atoms with van der Waals surface area (Å²) in [5.74, 6) is -1.80. The first-order chi connectivity index (χ1) is 13.3. The molecule has 0 aliphatic rings. The third-order valence-corrected chi connectivity index (χ3v) is 4.77. The maximum Gasteiger partial charge on any atom is 0.445 e. The highest BCUT2D eigenvalue weighted by Crippen LogP contribution is 2.35. The first-order valence-corrected chi connectivity index (χ1v) is 8.47. The van der Waals surface area contributed by atoms with Crippen molar-refractivity contribution in [2.24, 2.45) is 0 Å². The molecule has 0 aliphatic heterocycles. The summed E-state index contributed by atoms with van der Waals surface area (Å²) in [6.45, 7) is 0. The zero-order chi connectivity index (χ0) is 20.1. The highest BCUT2D eigenvalue weighted by atomic mass is 32.1. The highest BCUT2D eigenvalue weighted by molar-refractivity contribution is 7.15. The van der Waals surface area contributed by atoms with Crippen LogP contribution in [0.5, 0.6) is 5.75 Å². The van der Waals surface area contributed by atoms with Gasteiger partial charge in [0.05, 0.1) is 5.39 Å². The average Bonchev–Trinajstić information content (AvgIpc) is 3.10. The number of hydrogen-bond donors (Lipinski definition) is 2. The Kier molecular flexibility index (Phi) is 4.03. The van der Waals surface area contributed by atoms with Gasteiger partial charge in [-0.05, 0) is 16.8 Å². The van der Waals surface area contributed by atoms with E-state index in [1.165, 1.54) is 6.07 Å². The van der Waals surface area contributed by atoms with Gasteiger partial charge in [0, 0.05) is 0 Å². The summed E-state index contributed by atoms with van der Waals surface area (Å²) in [5, 5.41) is 18.4. The highest BCUT2D eigenvalue weighted by Gasteiger charge is 2.36. The van der Waals surface area contributed by atoms with Crippen molar-refractivity contribution in [1.29, 1.82) is 0 Å². The van der Waals surface area contributed by atoms with Crippen LogP contribution in [-0.4, -0.2) is 21.2 Å². The maximum absolute atomic E-state index is 12.6. The fraction of sp³-hybridized carbons (Fsp3) is 0.0588. The van der Waals surface area contributed by atoms with Gasteiger partial charge in [-0.2, -0.15) is 13.2 Å². The standard InChI is InChI=1S/C17H8F3N3O4S/c18-17(19,20)15-22-23-16(28-15)21-13(25)11-12(24)10-8-4-2-1-3-7(8)5-6-9(10)27-14(11)26/h1-6,24H,(H,21,23,25). The number of anilines is 1. The van der Waals surface area contributed by atoms with Gasteiger partial charge in [0.1, 0.15) is 11.3 Å². The first kappa shape index (κ1) is 17.9. The third kappa shape index (κ3) is 2.95. The molecule has 2 aromatic heterocycles. The van der Waals surface area contributed by atoms with Crippen LogP contribution < -0.4 is 10.9 Å². The minimum Gasteiger partial charge on any atom is -0.506 e. The van der Waals surface area contributed by atoms with E-state index in [1.807, 2.05) is 5.32 Å². The molecule has 0 radical (unpaired) electrons. The molecule has 0 atom stereocenters. The lowest BCUT2D eigenvalue weighted by molar-refractivity contribution is -0.138. The Morgan fingerprint density at radius 2 is 1.89 bits per heavy atom. The quantitative estimate of drug-likeness (QED) is 0.387.